The first-order valence-electron chi connectivity index (χ1n) is 6.68. The van der Waals surface area contributed by atoms with Crippen LogP contribution >= 0.6 is 22.9 Å². The Labute approximate surface area is 137 Å². The minimum atomic E-state index is -0.172. The number of thiazole rings is 1. The van der Waals surface area contributed by atoms with E-state index in [2.05, 4.69) is 10.3 Å². The standard InChI is InChI=1S/C16H14ClN3OS/c1-20(2)12-5-3-4-10(8-12)15(21)19-16-18-13-7-6-11(17)9-14(13)22-16/h3-9H,1-2H3,(H,18,19,21). The molecule has 0 saturated carbocycles. The molecule has 0 atom stereocenters. The zero-order valence-corrected chi connectivity index (χ0v) is 13.7. The summed E-state index contributed by atoms with van der Waals surface area (Å²) in [7, 11) is 3.88. The van der Waals surface area contributed by atoms with E-state index in [1.807, 2.05) is 49.3 Å². The molecular weight excluding hydrogens is 318 g/mol. The first-order chi connectivity index (χ1) is 10.5. The lowest BCUT2D eigenvalue weighted by atomic mass is 10.2. The average Bonchev–Trinajstić information content (AvgIpc) is 2.88. The number of fused-ring (bicyclic) bond motifs is 1. The van der Waals surface area contributed by atoms with Crippen molar-refractivity contribution in [3.05, 3.63) is 53.1 Å². The van der Waals surface area contributed by atoms with Gasteiger partial charge in [-0.2, -0.15) is 0 Å². The maximum absolute atomic E-state index is 12.3. The Hall–Kier alpha value is -2.11. The average molecular weight is 332 g/mol. The zero-order chi connectivity index (χ0) is 15.7. The van der Waals surface area contributed by atoms with Crippen LogP contribution in [0.1, 0.15) is 10.4 Å². The molecule has 1 aromatic heterocycles. The molecule has 4 nitrogen and oxygen atoms in total. The lowest BCUT2D eigenvalue weighted by Crippen LogP contribution is -2.14. The number of hydrogen-bond donors (Lipinski definition) is 1. The first-order valence-corrected chi connectivity index (χ1v) is 7.87. The molecule has 1 N–H and O–H groups in total. The van der Waals surface area contributed by atoms with Gasteiger partial charge in [-0.1, -0.05) is 29.0 Å². The zero-order valence-electron chi connectivity index (χ0n) is 12.1. The molecule has 0 aliphatic rings. The van der Waals surface area contributed by atoms with Gasteiger partial charge < -0.3 is 4.90 Å². The molecule has 0 radical (unpaired) electrons. The van der Waals surface area contributed by atoms with Crippen LogP contribution in [-0.4, -0.2) is 25.0 Å². The second-order valence-electron chi connectivity index (χ2n) is 5.03. The van der Waals surface area contributed by atoms with Gasteiger partial charge in [-0.3, -0.25) is 10.1 Å². The van der Waals surface area contributed by atoms with E-state index in [0.29, 0.717) is 15.7 Å². The molecule has 1 heterocycles. The van der Waals surface area contributed by atoms with Crippen LogP contribution in [0.15, 0.2) is 42.5 Å². The fraction of sp³-hybridized carbons (Fsp3) is 0.125. The second-order valence-corrected chi connectivity index (χ2v) is 6.50. The Balaban J connectivity index is 1.84. The van der Waals surface area contributed by atoms with Gasteiger partial charge in [-0.15, -0.1) is 0 Å². The smallest absolute Gasteiger partial charge is 0.257 e. The number of rotatable bonds is 3. The maximum atomic E-state index is 12.3. The third-order valence-corrected chi connectivity index (χ3v) is 4.36. The van der Waals surface area contributed by atoms with Crippen LogP contribution in [0.4, 0.5) is 10.8 Å². The lowest BCUT2D eigenvalue weighted by Gasteiger charge is -2.13. The molecule has 22 heavy (non-hydrogen) atoms. The van der Waals surface area contributed by atoms with Crippen LogP contribution in [0, 0.1) is 0 Å². The van der Waals surface area contributed by atoms with E-state index in [0.717, 1.165) is 15.9 Å². The number of carbonyl (C=O) groups is 1. The summed E-state index contributed by atoms with van der Waals surface area (Å²) in [5.74, 6) is -0.172. The topological polar surface area (TPSA) is 45.2 Å². The highest BCUT2D eigenvalue weighted by molar-refractivity contribution is 7.22. The van der Waals surface area contributed by atoms with Crippen LogP contribution in [0.5, 0.6) is 0 Å². The number of aromatic nitrogens is 1. The first kappa shape index (κ1) is 14.8. The monoisotopic (exact) mass is 331 g/mol. The molecule has 112 valence electrons. The van der Waals surface area contributed by atoms with Gasteiger partial charge in [0, 0.05) is 30.4 Å². The summed E-state index contributed by atoms with van der Waals surface area (Å²) in [5, 5.41) is 4.07. The molecule has 0 fully saturated rings. The highest BCUT2D eigenvalue weighted by Gasteiger charge is 2.11. The summed E-state index contributed by atoms with van der Waals surface area (Å²) in [4.78, 5) is 18.7. The number of carbonyl (C=O) groups excluding carboxylic acids is 1. The quantitative estimate of drug-likeness (QED) is 0.779. The van der Waals surface area contributed by atoms with Gasteiger partial charge in [0.2, 0.25) is 0 Å². The number of halogens is 1. The Kier molecular flexibility index (Phi) is 4.00. The molecule has 3 aromatic rings. The van der Waals surface area contributed by atoms with E-state index in [-0.39, 0.29) is 5.91 Å². The van der Waals surface area contributed by atoms with Crippen molar-refractivity contribution in [3.63, 3.8) is 0 Å². The van der Waals surface area contributed by atoms with Crippen LogP contribution in [0.25, 0.3) is 10.2 Å². The van der Waals surface area contributed by atoms with Crippen LogP contribution in [-0.2, 0) is 0 Å². The number of hydrogen-bond acceptors (Lipinski definition) is 4. The highest BCUT2D eigenvalue weighted by atomic mass is 35.5. The largest absolute Gasteiger partial charge is 0.378 e. The lowest BCUT2D eigenvalue weighted by molar-refractivity contribution is 0.102. The van der Waals surface area contributed by atoms with E-state index >= 15 is 0 Å². The van der Waals surface area contributed by atoms with Gasteiger partial charge in [0.1, 0.15) is 0 Å². The summed E-state index contributed by atoms with van der Waals surface area (Å²) in [6, 6.07) is 12.9. The van der Waals surface area contributed by atoms with Gasteiger partial charge in [-0.25, -0.2) is 4.98 Å². The minimum Gasteiger partial charge on any atom is -0.378 e. The van der Waals surface area contributed by atoms with E-state index in [4.69, 9.17) is 11.6 Å². The Morgan fingerprint density at radius 1 is 1.23 bits per heavy atom. The number of anilines is 2. The van der Waals surface area contributed by atoms with E-state index < -0.39 is 0 Å². The Bertz CT molecular complexity index is 844. The second kappa shape index (κ2) is 5.94. The fourth-order valence-corrected chi connectivity index (χ4v) is 3.18. The predicted molar refractivity (Wildman–Crippen MR) is 93.4 cm³/mol. The number of amides is 1. The van der Waals surface area contributed by atoms with Crippen LogP contribution < -0.4 is 10.2 Å². The van der Waals surface area contributed by atoms with Crippen LogP contribution in [0.2, 0.25) is 5.02 Å². The molecule has 1 amide bonds. The third-order valence-electron chi connectivity index (χ3n) is 3.20. The van der Waals surface area contributed by atoms with E-state index in [9.17, 15) is 4.79 Å². The molecule has 0 aliphatic carbocycles. The van der Waals surface area contributed by atoms with Crippen molar-refractivity contribution in [3.8, 4) is 0 Å². The van der Waals surface area contributed by atoms with Crippen molar-refractivity contribution in [2.45, 2.75) is 0 Å². The van der Waals surface area contributed by atoms with Gasteiger partial charge in [-0.05, 0) is 36.4 Å². The normalized spacial score (nSPS) is 10.7. The molecular formula is C16H14ClN3OS. The Morgan fingerprint density at radius 3 is 2.82 bits per heavy atom. The fourth-order valence-electron chi connectivity index (χ4n) is 2.05. The van der Waals surface area contributed by atoms with Crippen molar-refractivity contribution in [1.82, 2.24) is 4.98 Å². The van der Waals surface area contributed by atoms with Gasteiger partial charge in [0.15, 0.2) is 5.13 Å². The number of nitrogens with one attached hydrogen (secondary N) is 1. The molecule has 2 aromatic carbocycles. The summed E-state index contributed by atoms with van der Waals surface area (Å²) in [5.41, 5.74) is 2.40. The molecule has 0 spiro atoms. The summed E-state index contributed by atoms with van der Waals surface area (Å²) in [6.07, 6.45) is 0. The molecule has 6 heteroatoms. The molecule has 3 rings (SSSR count). The van der Waals surface area contributed by atoms with E-state index in [1.54, 1.807) is 12.1 Å². The summed E-state index contributed by atoms with van der Waals surface area (Å²) < 4.78 is 0.949. The molecule has 0 saturated heterocycles. The third kappa shape index (κ3) is 3.05. The molecule has 0 bridgehead atoms. The van der Waals surface area contributed by atoms with Crippen molar-refractivity contribution in [1.29, 1.82) is 0 Å². The Morgan fingerprint density at radius 2 is 2.05 bits per heavy atom. The predicted octanol–water partition coefficient (Wildman–Crippen LogP) is 4.27. The molecule has 0 aliphatic heterocycles. The van der Waals surface area contributed by atoms with Crippen molar-refractivity contribution >= 4 is 49.9 Å². The number of nitrogens with zero attached hydrogens (tertiary/aromatic N) is 2. The van der Waals surface area contributed by atoms with Crippen molar-refractivity contribution in [2.24, 2.45) is 0 Å². The van der Waals surface area contributed by atoms with Crippen molar-refractivity contribution < 1.29 is 4.79 Å². The molecule has 0 unspecified atom stereocenters. The highest BCUT2D eigenvalue weighted by Crippen LogP contribution is 2.28. The maximum Gasteiger partial charge on any atom is 0.257 e. The summed E-state index contributed by atoms with van der Waals surface area (Å²) >= 11 is 7.37. The summed E-state index contributed by atoms with van der Waals surface area (Å²) in [6.45, 7) is 0. The van der Waals surface area contributed by atoms with Gasteiger partial charge in [0.05, 0.1) is 10.2 Å². The van der Waals surface area contributed by atoms with E-state index in [1.165, 1.54) is 11.3 Å². The minimum absolute atomic E-state index is 0.172. The van der Waals surface area contributed by atoms with Crippen molar-refractivity contribution in [2.75, 3.05) is 24.3 Å². The van der Waals surface area contributed by atoms with Gasteiger partial charge in [0.25, 0.3) is 5.91 Å². The SMILES string of the molecule is CN(C)c1cccc(C(=O)Nc2nc3ccc(Cl)cc3s2)c1. The number of benzene rings is 2. The van der Waals surface area contributed by atoms with Gasteiger partial charge >= 0.3 is 0 Å². The van der Waals surface area contributed by atoms with Crippen LogP contribution in [0.3, 0.4) is 0 Å².